The normalized spacial score (nSPS) is 24.9. The molecule has 2 aliphatic rings. The highest BCUT2D eigenvalue weighted by Crippen LogP contribution is 2.52. The number of anilines is 1. The number of amides is 1. The lowest BCUT2D eigenvalue weighted by Gasteiger charge is -2.19. The number of nitrogens with one attached hydrogen (secondary N) is 2. The van der Waals surface area contributed by atoms with Gasteiger partial charge in [-0.05, 0) is 43.2 Å². The van der Waals surface area contributed by atoms with Crippen LogP contribution in [0.2, 0.25) is 0 Å². The van der Waals surface area contributed by atoms with E-state index in [9.17, 15) is 9.59 Å². The van der Waals surface area contributed by atoms with Crippen molar-refractivity contribution in [2.45, 2.75) is 31.6 Å². The second-order valence-electron chi connectivity index (χ2n) is 6.68. The zero-order valence-electron chi connectivity index (χ0n) is 13.0. The number of fused-ring (bicyclic) bond motifs is 2. The first kappa shape index (κ1) is 14.9. The maximum absolute atomic E-state index is 12.2. The minimum Gasteiger partial charge on any atom is -0.478 e. The van der Waals surface area contributed by atoms with Crippen molar-refractivity contribution in [3.8, 4) is 0 Å². The summed E-state index contributed by atoms with van der Waals surface area (Å²) in [4.78, 5) is 26.9. The number of H-pyrrole nitrogens is 1. The molecule has 2 bridgehead atoms. The third-order valence-corrected chi connectivity index (χ3v) is 5.22. The van der Waals surface area contributed by atoms with Gasteiger partial charge < -0.3 is 10.4 Å². The van der Waals surface area contributed by atoms with Crippen LogP contribution in [0.15, 0.2) is 24.4 Å². The van der Waals surface area contributed by atoms with Gasteiger partial charge in [0.1, 0.15) is 5.69 Å². The highest BCUT2D eigenvalue weighted by Gasteiger charge is 2.40. The fourth-order valence-electron chi connectivity index (χ4n) is 4.05. The Hall–Kier alpha value is -2.70. The Morgan fingerprint density at radius 3 is 2.75 bits per heavy atom. The van der Waals surface area contributed by atoms with E-state index in [0.717, 1.165) is 17.5 Å². The summed E-state index contributed by atoms with van der Waals surface area (Å²) in [5.41, 5.74) is 1.29. The van der Waals surface area contributed by atoms with Crippen LogP contribution >= 0.6 is 0 Å². The Kier molecular flexibility index (Phi) is 3.55. The number of carboxylic acids is 1. The molecule has 0 aliphatic heterocycles. The molecule has 0 aromatic carbocycles. The molecule has 1 amide bonds. The number of rotatable bonds is 4. The van der Waals surface area contributed by atoms with Gasteiger partial charge >= 0.3 is 5.97 Å². The van der Waals surface area contributed by atoms with Crippen LogP contribution in [0.1, 0.15) is 58.1 Å². The minimum atomic E-state index is -1.07. The summed E-state index contributed by atoms with van der Waals surface area (Å²) in [5, 5.41) is 18.8. The monoisotopic (exact) mass is 326 g/mol. The first-order valence-electron chi connectivity index (χ1n) is 8.16. The van der Waals surface area contributed by atoms with E-state index in [1.807, 2.05) is 6.07 Å². The Labute approximate surface area is 138 Å². The predicted octanol–water partition coefficient (Wildman–Crippen LogP) is 2.66. The molecule has 2 aliphatic carbocycles. The summed E-state index contributed by atoms with van der Waals surface area (Å²) in [6.45, 7) is 0. The number of pyridine rings is 1. The molecule has 124 valence electrons. The Balaban J connectivity index is 1.43. The molecule has 2 heterocycles. The summed E-state index contributed by atoms with van der Waals surface area (Å²) in [6.07, 6.45) is 6.32. The number of hydrogen-bond acceptors (Lipinski definition) is 4. The average molecular weight is 326 g/mol. The van der Waals surface area contributed by atoms with Gasteiger partial charge in [0, 0.05) is 23.9 Å². The van der Waals surface area contributed by atoms with Crippen molar-refractivity contribution in [2.24, 2.45) is 11.8 Å². The molecule has 3 atom stereocenters. The summed E-state index contributed by atoms with van der Waals surface area (Å²) in [5.74, 6) is 1.11. The molecule has 0 radical (unpaired) electrons. The zero-order chi connectivity index (χ0) is 16.7. The standard InChI is InChI=1S/C17H18N4O3/c22-16(13-4-3-11(8-18-13)17(23)24)19-15-7-14(20-21-15)12-6-9-1-2-10(12)5-9/h3-4,7-10,12H,1-2,5-6H2,(H,23,24)(H2,19,20,21,22). The topological polar surface area (TPSA) is 108 Å². The fraction of sp³-hybridized carbons (Fsp3) is 0.412. The third kappa shape index (κ3) is 2.66. The van der Waals surface area contributed by atoms with E-state index in [1.165, 1.54) is 44.0 Å². The van der Waals surface area contributed by atoms with E-state index in [0.29, 0.717) is 11.7 Å². The maximum atomic E-state index is 12.2. The SMILES string of the molecule is O=C(O)c1ccc(C(=O)Nc2cc(C3CC4CCC3C4)[nH]n2)nc1. The zero-order valence-corrected chi connectivity index (χ0v) is 13.0. The van der Waals surface area contributed by atoms with Crippen molar-refractivity contribution >= 4 is 17.7 Å². The molecule has 4 rings (SSSR count). The van der Waals surface area contributed by atoms with Crippen molar-refractivity contribution in [1.82, 2.24) is 15.2 Å². The molecule has 0 spiro atoms. The summed E-state index contributed by atoms with van der Waals surface area (Å²) in [7, 11) is 0. The lowest BCUT2D eigenvalue weighted by molar-refractivity contribution is 0.0696. The number of hydrogen-bond donors (Lipinski definition) is 3. The first-order valence-corrected chi connectivity index (χ1v) is 8.16. The van der Waals surface area contributed by atoms with Crippen LogP contribution in [0.5, 0.6) is 0 Å². The molecule has 24 heavy (non-hydrogen) atoms. The van der Waals surface area contributed by atoms with Gasteiger partial charge in [0.25, 0.3) is 5.91 Å². The number of carbonyl (C=O) groups is 2. The molecule has 2 saturated carbocycles. The number of aromatic carboxylic acids is 1. The Morgan fingerprint density at radius 1 is 1.25 bits per heavy atom. The van der Waals surface area contributed by atoms with Crippen molar-refractivity contribution in [1.29, 1.82) is 0 Å². The number of aromatic nitrogens is 3. The van der Waals surface area contributed by atoms with Gasteiger partial charge in [0.15, 0.2) is 5.82 Å². The molecule has 7 nitrogen and oxygen atoms in total. The summed E-state index contributed by atoms with van der Waals surface area (Å²) < 4.78 is 0. The lowest BCUT2D eigenvalue weighted by atomic mass is 9.86. The van der Waals surface area contributed by atoms with Crippen LogP contribution in [-0.4, -0.2) is 32.2 Å². The van der Waals surface area contributed by atoms with Crippen LogP contribution in [0.4, 0.5) is 5.82 Å². The molecule has 2 aromatic rings. The van der Waals surface area contributed by atoms with Crippen molar-refractivity contribution < 1.29 is 14.7 Å². The smallest absolute Gasteiger partial charge is 0.337 e. The molecule has 7 heteroatoms. The highest BCUT2D eigenvalue weighted by atomic mass is 16.4. The first-order chi connectivity index (χ1) is 11.6. The van der Waals surface area contributed by atoms with E-state index in [1.54, 1.807) is 0 Å². The number of carboxylic acid groups (broad SMARTS) is 1. The van der Waals surface area contributed by atoms with E-state index in [4.69, 9.17) is 5.11 Å². The molecule has 0 saturated heterocycles. The number of aromatic amines is 1. The van der Waals surface area contributed by atoms with Gasteiger partial charge in [-0.2, -0.15) is 5.10 Å². The number of nitrogens with zero attached hydrogens (tertiary/aromatic N) is 2. The molecular weight excluding hydrogens is 308 g/mol. The number of carbonyl (C=O) groups excluding carboxylic acids is 1. The van der Waals surface area contributed by atoms with Crippen LogP contribution in [0.3, 0.4) is 0 Å². The lowest BCUT2D eigenvalue weighted by Crippen LogP contribution is -2.14. The van der Waals surface area contributed by atoms with Gasteiger partial charge in [-0.15, -0.1) is 0 Å². The van der Waals surface area contributed by atoms with Crippen LogP contribution in [0.25, 0.3) is 0 Å². The molecule has 2 fully saturated rings. The van der Waals surface area contributed by atoms with Crippen LogP contribution in [-0.2, 0) is 0 Å². The predicted molar refractivity (Wildman–Crippen MR) is 85.9 cm³/mol. The highest BCUT2D eigenvalue weighted by molar-refractivity contribution is 6.02. The van der Waals surface area contributed by atoms with Gasteiger partial charge in [0.2, 0.25) is 0 Å². The van der Waals surface area contributed by atoms with E-state index in [-0.39, 0.29) is 11.3 Å². The van der Waals surface area contributed by atoms with E-state index >= 15 is 0 Å². The summed E-state index contributed by atoms with van der Waals surface area (Å²) in [6, 6.07) is 4.65. The molecular formula is C17H18N4O3. The fourth-order valence-corrected chi connectivity index (χ4v) is 4.05. The molecule has 3 unspecified atom stereocenters. The van der Waals surface area contributed by atoms with E-state index in [2.05, 4.69) is 20.5 Å². The molecule has 2 aromatic heterocycles. The minimum absolute atomic E-state index is 0.0462. The Bertz CT molecular complexity index is 783. The van der Waals surface area contributed by atoms with Gasteiger partial charge in [-0.3, -0.25) is 14.9 Å². The van der Waals surface area contributed by atoms with Crippen molar-refractivity contribution in [2.75, 3.05) is 5.32 Å². The Morgan fingerprint density at radius 2 is 2.12 bits per heavy atom. The van der Waals surface area contributed by atoms with Crippen LogP contribution in [0, 0.1) is 11.8 Å². The van der Waals surface area contributed by atoms with Crippen LogP contribution < -0.4 is 5.32 Å². The maximum Gasteiger partial charge on any atom is 0.337 e. The van der Waals surface area contributed by atoms with Crippen molar-refractivity contribution in [3.63, 3.8) is 0 Å². The second-order valence-corrected chi connectivity index (χ2v) is 6.68. The third-order valence-electron chi connectivity index (χ3n) is 5.22. The van der Waals surface area contributed by atoms with E-state index < -0.39 is 11.9 Å². The molecule has 3 N–H and O–H groups in total. The largest absolute Gasteiger partial charge is 0.478 e. The second kappa shape index (κ2) is 5.74. The average Bonchev–Trinajstić information content (AvgIpc) is 3.31. The van der Waals surface area contributed by atoms with Crippen molar-refractivity contribution in [3.05, 3.63) is 41.3 Å². The van der Waals surface area contributed by atoms with Gasteiger partial charge in [0.05, 0.1) is 5.56 Å². The quantitative estimate of drug-likeness (QED) is 0.800. The van der Waals surface area contributed by atoms with Gasteiger partial charge in [-0.25, -0.2) is 4.79 Å². The van der Waals surface area contributed by atoms with Gasteiger partial charge in [-0.1, -0.05) is 6.42 Å². The summed E-state index contributed by atoms with van der Waals surface area (Å²) >= 11 is 0.